The topological polar surface area (TPSA) is 46.4 Å². The van der Waals surface area contributed by atoms with E-state index in [4.69, 9.17) is 28.2 Å². The average molecular weight is 376 g/mol. The van der Waals surface area contributed by atoms with Crippen molar-refractivity contribution >= 4 is 40.6 Å². The molecule has 4 nitrogen and oxygen atoms in total. The van der Waals surface area contributed by atoms with E-state index >= 15 is 0 Å². The predicted molar refractivity (Wildman–Crippen MR) is 104 cm³/mol. The van der Waals surface area contributed by atoms with Crippen molar-refractivity contribution in [2.24, 2.45) is 0 Å². The third-order valence-electron chi connectivity index (χ3n) is 4.05. The molecule has 0 bridgehead atoms. The van der Waals surface area contributed by atoms with Gasteiger partial charge in [0.15, 0.2) is 0 Å². The molecule has 0 aliphatic heterocycles. The first-order valence-electron chi connectivity index (χ1n) is 8.24. The summed E-state index contributed by atoms with van der Waals surface area (Å²) in [5, 5.41) is 3.95. The first-order valence-corrected chi connectivity index (χ1v) is 8.99. The van der Waals surface area contributed by atoms with Gasteiger partial charge in [0, 0.05) is 18.2 Å². The van der Waals surface area contributed by atoms with Gasteiger partial charge in [-0.05, 0) is 37.1 Å². The van der Waals surface area contributed by atoms with E-state index in [0.29, 0.717) is 28.0 Å². The van der Waals surface area contributed by atoms with Crippen LogP contribution in [0.3, 0.4) is 0 Å². The summed E-state index contributed by atoms with van der Waals surface area (Å²) in [4.78, 5) is 17.0. The van der Waals surface area contributed by atoms with Crippen LogP contribution in [0.25, 0.3) is 16.9 Å². The summed E-state index contributed by atoms with van der Waals surface area (Å²) in [6, 6.07) is 9.28. The molecule has 0 radical (unpaired) electrons. The quantitative estimate of drug-likeness (QED) is 0.617. The van der Waals surface area contributed by atoms with Crippen LogP contribution in [0.2, 0.25) is 10.0 Å². The maximum absolute atomic E-state index is 12.3. The fourth-order valence-electron chi connectivity index (χ4n) is 2.70. The zero-order valence-electron chi connectivity index (χ0n) is 14.1. The number of aromatic nitrogens is 2. The molecule has 1 amide bonds. The van der Waals surface area contributed by atoms with E-state index in [1.54, 1.807) is 12.1 Å². The number of fused-ring (bicyclic) bond motifs is 1. The largest absolute Gasteiger partial charge is 0.310 e. The fraction of sp³-hybridized carbons (Fsp3) is 0.263. The first kappa shape index (κ1) is 17.8. The lowest BCUT2D eigenvalue weighted by Gasteiger charge is -2.08. The summed E-state index contributed by atoms with van der Waals surface area (Å²) in [5.74, 6) is 0.629. The Kier molecular flexibility index (Phi) is 5.30. The van der Waals surface area contributed by atoms with Crippen molar-refractivity contribution in [3.63, 3.8) is 0 Å². The molecule has 1 N–H and O–H groups in total. The highest BCUT2D eigenvalue weighted by Crippen LogP contribution is 2.33. The summed E-state index contributed by atoms with van der Waals surface area (Å²) in [6.45, 7) is 4.05. The zero-order valence-corrected chi connectivity index (χ0v) is 15.7. The number of amides is 1. The molecule has 130 valence electrons. The van der Waals surface area contributed by atoms with Crippen LogP contribution < -0.4 is 5.32 Å². The molecule has 0 atom stereocenters. The minimum Gasteiger partial charge on any atom is -0.310 e. The van der Waals surface area contributed by atoms with Crippen LogP contribution in [0.5, 0.6) is 0 Å². The maximum Gasteiger partial charge on any atom is 0.225 e. The predicted octanol–water partition coefficient (Wildman–Crippen LogP) is 5.75. The Labute approximate surface area is 156 Å². The highest BCUT2D eigenvalue weighted by molar-refractivity contribution is 6.42. The van der Waals surface area contributed by atoms with Gasteiger partial charge in [-0.3, -0.25) is 9.20 Å². The molecule has 0 aliphatic carbocycles. The molecular weight excluding hydrogens is 357 g/mol. The Bertz CT molecular complexity index is 934. The SMILES string of the molecule is CCCCC(=O)Nc1c(-c2ccc(Cl)c(Cl)c2)nc2c(C)cccn12. The van der Waals surface area contributed by atoms with E-state index in [0.717, 1.165) is 29.6 Å². The van der Waals surface area contributed by atoms with Crippen LogP contribution in [0.4, 0.5) is 5.82 Å². The minimum absolute atomic E-state index is 0.0218. The van der Waals surface area contributed by atoms with E-state index in [-0.39, 0.29) is 5.91 Å². The van der Waals surface area contributed by atoms with Crippen molar-refractivity contribution < 1.29 is 4.79 Å². The van der Waals surface area contributed by atoms with Crippen LogP contribution >= 0.6 is 23.2 Å². The first-order chi connectivity index (χ1) is 12.0. The van der Waals surface area contributed by atoms with Crippen LogP contribution in [0.1, 0.15) is 31.7 Å². The Morgan fingerprint density at radius 2 is 2.04 bits per heavy atom. The maximum atomic E-state index is 12.3. The number of hydrogen-bond donors (Lipinski definition) is 1. The molecule has 0 spiro atoms. The highest BCUT2D eigenvalue weighted by atomic mass is 35.5. The van der Waals surface area contributed by atoms with E-state index < -0.39 is 0 Å². The number of halogens is 2. The van der Waals surface area contributed by atoms with Gasteiger partial charge in [-0.25, -0.2) is 4.98 Å². The lowest BCUT2D eigenvalue weighted by Crippen LogP contribution is -2.13. The standard InChI is InChI=1S/C19H19Cl2N3O/c1-3-4-7-16(25)22-19-17(13-8-9-14(20)15(21)11-13)23-18-12(2)6-5-10-24(18)19/h5-6,8-11H,3-4,7H2,1-2H3,(H,22,25). The Morgan fingerprint density at radius 3 is 2.76 bits per heavy atom. The van der Waals surface area contributed by atoms with Crippen molar-refractivity contribution in [3.05, 3.63) is 52.1 Å². The summed E-state index contributed by atoms with van der Waals surface area (Å²) in [6.07, 6.45) is 4.20. The van der Waals surface area contributed by atoms with Gasteiger partial charge < -0.3 is 5.32 Å². The van der Waals surface area contributed by atoms with Crippen LogP contribution in [-0.2, 0) is 4.79 Å². The Hall–Kier alpha value is -2.04. The Morgan fingerprint density at radius 1 is 1.24 bits per heavy atom. The van der Waals surface area contributed by atoms with Gasteiger partial charge in [0.2, 0.25) is 5.91 Å². The van der Waals surface area contributed by atoms with Crippen molar-refractivity contribution in [1.82, 2.24) is 9.38 Å². The number of carbonyl (C=O) groups excluding carboxylic acids is 1. The summed E-state index contributed by atoms with van der Waals surface area (Å²) in [7, 11) is 0. The number of rotatable bonds is 5. The molecule has 0 saturated carbocycles. The lowest BCUT2D eigenvalue weighted by molar-refractivity contribution is -0.116. The lowest BCUT2D eigenvalue weighted by atomic mass is 10.1. The highest BCUT2D eigenvalue weighted by Gasteiger charge is 2.18. The van der Waals surface area contributed by atoms with Crippen molar-refractivity contribution in [2.45, 2.75) is 33.1 Å². The molecule has 6 heteroatoms. The van der Waals surface area contributed by atoms with E-state index in [1.165, 1.54) is 0 Å². The molecule has 3 rings (SSSR count). The molecule has 0 aliphatic rings. The normalized spacial score (nSPS) is 11.0. The number of benzene rings is 1. The minimum atomic E-state index is -0.0218. The number of nitrogens with one attached hydrogen (secondary N) is 1. The summed E-state index contributed by atoms with van der Waals surface area (Å²) < 4.78 is 1.90. The van der Waals surface area contributed by atoms with Crippen molar-refractivity contribution in [3.8, 4) is 11.3 Å². The average Bonchev–Trinajstić information content (AvgIpc) is 2.95. The number of hydrogen-bond acceptors (Lipinski definition) is 2. The molecular formula is C19H19Cl2N3O. The molecule has 2 heterocycles. The third kappa shape index (κ3) is 3.65. The molecule has 3 aromatic rings. The monoisotopic (exact) mass is 375 g/mol. The fourth-order valence-corrected chi connectivity index (χ4v) is 3.00. The number of anilines is 1. The molecule has 0 unspecified atom stereocenters. The second-order valence-electron chi connectivity index (χ2n) is 5.97. The van der Waals surface area contributed by atoms with Gasteiger partial charge >= 0.3 is 0 Å². The number of carbonyl (C=O) groups is 1. The molecule has 0 fully saturated rings. The number of imidazole rings is 1. The van der Waals surface area contributed by atoms with E-state index in [2.05, 4.69) is 12.2 Å². The van der Waals surface area contributed by atoms with Crippen LogP contribution in [0.15, 0.2) is 36.5 Å². The van der Waals surface area contributed by atoms with E-state index in [9.17, 15) is 4.79 Å². The van der Waals surface area contributed by atoms with Gasteiger partial charge in [0.25, 0.3) is 0 Å². The molecule has 0 saturated heterocycles. The molecule has 1 aromatic carbocycles. The molecule has 2 aromatic heterocycles. The van der Waals surface area contributed by atoms with E-state index in [1.807, 2.05) is 35.7 Å². The van der Waals surface area contributed by atoms with Gasteiger partial charge in [-0.2, -0.15) is 0 Å². The number of pyridine rings is 1. The second kappa shape index (κ2) is 7.46. The van der Waals surface area contributed by atoms with Gasteiger partial charge in [-0.15, -0.1) is 0 Å². The van der Waals surface area contributed by atoms with Crippen LogP contribution in [-0.4, -0.2) is 15.3 Å². The smallest absolute Gasteiger partial charge is 0.225 e. The third-order valence-corrected chi connectivity index (χ3v) is 4.79. The van der Waals surface area contributed by atoms with Gasteiger partial charge in [0.1, 0.15) is 17.2 Å². The van der Waals surface area contributed by atoms with Gasteiger partial charge in [-0.1, -0.05) is 48.7 Å². The Balaban J connectivity index is 2.13. The number of aryl methyl sites for hydroxylation is 1. The number of nitrogens with zero attached hydrogens (tertiary/aromatic N) is 2. The summed E-state index contributed by atoms with van der Waals surface area (Å²) in [5.41, 5.74) is 3.31. The van der Waals surface area contributed by atoms with Gasteiger partial charge in [0.05, 0.1) is 10.0 Å². The zero-order chi connectivity index (χ0) is 18.0. The van der Waals surface area contributed by atoms with Crippen LogP contribution in [0, 0.1) is 6.92 Å². The second-order valence-corrected chi connectivity index (χ2v) is 6.79. The van der Waals surface area contributed by atoms with Crippen molar-refractivity contribution in [2.75, 3.05) is 5.32 Å². The number of unbranched alkanes of at least 4 members (excludes halogenated alkanes) is 1. The summed E-state index contributed by atoms with van der Waals surface area (Å²) >= 11 is 12.2. The van der Waals surface area contributed by atoms with Crippen molar-refractivity contribution in [1.29, 1.82) is 0 Å². The molecule has 25 heavy (non-hydrogen) atoms.